The number of hydrogen-bond acceptors (Lipinski definition) is 4. The summed E-state index contributed by atoms with van der Waals surface area (Å²) in [5.74, 6) is 0.872. The van der Waals surface area contributed by atoms with Gasteiger partial charge in [-0.1, -0.05) is 0 Å². The molecule has 2 rings (SSSR count). The number of rotatable bonds is 5. The quantitative estimate of drug-likeness (QED) is 0.689. The van der Waals surface area contributed by atoms with Gasteiger partial charge in [0.25, 0.3) is 0 Å². The third kappa shape index (κ3) is 3.01. The summed E-state index contributed by atoms with van der Waals surface area (Å²) in [6, 6.07) is 9.40. The zero-order chi connectivity index (χ0) is 12.1. The predicted molar refractivity (Wildman–Crippen MR) is 67.7 cm³/mol. The minimum atomic E-state index is 0.110. The Kier molecular flexibility index (Phi) is 3.67. The molecule has 0 fully saturated rings. The molecule has 4 N–H and O–H groups in total. The second kappa shape index (κ2) is 5.41. The summed E-state index contributed by atoms with van der Waals surface area (Å²) in [5.41, 5.74) is 8.42. The van der Waals surface area contributed by atoms with Gasteiger partial charge in [-0.05, 0) is 42.3 Å². The summed E-state index contributed by atoms with van der Waals surface area (Å²) in [5, 5.41) is 12.3. The SMILES string of the molecule is Nc1ccc(NCc2ccco2)c(CCO)c1. The van der Waals surface area contributed by atoms with E-state index in [0.29, 0.717) is 18.7 Å². The molecular formula is C13H16N2O2. The number of furan rings is 1. The summed E-state index contributed by atoms with van der Waals surface area (Å²) in [6.45, 7) is 0.730. The van der Waals surface area contributed by atoms with Crippen LogP contribution in [-0.2, 0) is 13.0 Å². The Morgan fingerprint density at radius 2 is 2.18 bits per heavy atom. The zero-order valence-electron chi connectivity index (χ0n) is 9.52. The van der Waals surface area contributed by atoms with E-state index in [0.717, 1.165) is 17.0 Å². The summed E-state index contributed by atoms with van der Waals surface area (Å²) in [6.07, 6.45) is 2.24. The first-order valence-electron chi connectivity index (χ1n) is 5.55. The van der Waals surface area contributed by atoms with Gasteiger partial charge in [0.15, 0.2) is 0 Å². The molecule has 17 heavy (non-hydrogen) atoms. The van der Waals surface area contributed by atoms with Gasteiger partial charge in [0.1, 0.15) is 5.76 Å². The molecule has 0 bridgehead atoms. The standard InChI is InChI=1S/C13H16N2O2/c14-11-3-4-13(10(8-11)5-6-16)15-9-12-2-1-7-17-12/h1-4,7-8,15-16H,5-6,9,14H2. The largest absolute Gasteiger partial charge is 0.467 e. The van der Waals surface area contributed by atoms with Crippen molar-refractivity contribution in [3.05, 3.63) is 47.9 Å². The fourth-order valence-electron chi connectivity index (χ4n) is 1.71. The average molecular weight is 232 g/mol. The Bertz CT molecular complexity index is 466. The van der Waals surface area contributed by atoms with E-state index < -0.39 is 0 Å². The van der Waals surface area contributed by atoms with Crippen LogP contribution < -0.4 is 11.1 Å². The molecule has 1 aromatic carbocycles. The van der Waals surface area contributed by atoms with Crippen molar-refractivity contribution in [3.8, 4) is 0 Å². The number of anilines is 2. The Morgan fingerprint density at radius 3 is 2.88 bits per heavy atom. The van der Waals surface area contributed by atoms with Crippen LogP contribution in [0.2, 0.25) is 0 Å². The van der Waals surface area contributed by atoms with Crippen LogP contribution in [0.25, 0.3) is 0 Å². The maximum absolute atomic E-state index is 9.00. The fourth-order valence-corrected chi connectivity index (χ4v) is 1.71. The van der Waals surface area contributed by atoms with E-state index in [2.05, 4.69) is 5.32 Å². The van der Waals surface area contributed by atoms with Crippen molar-refractivity contribution >= 4 is 11.4 Å². The Hall–Kier alpha value is -1.94. The zero-order valence-corrected chi connectivity index (χ0v) is 9.52. The Morgan fingerprint density at radius 1 is 1.29 bits per heavy atom. The highest BCUT2D eigenvalue weighted by Crippen LogP contribution is 2.20. The molecule has 90 valence electrons. The van der Waals surface area contributed by atoms with Crippen molar-refractivity contribution in [1.29, 1.82) is 0 Å². The van der Waals surface area contributed by atoms with E-state index in [1.807, 2.05) is 30.3 Å². The molecule has 1 heterocycles. The first-order chi connectivity index (χ1) is 8.29. The van der Waals surface area contributed by atoms with Crippen molar-refractivity contribution in [2.24, 2.45) is 0 Å². The normalized spacial score (nSPS) is 10.4. The van der Waals surface area contributed by atoms with Gasteiger partial charge in [0, 0.05) is 18.0 Å². The van der Waals surface area contributed by atoms with E-state index >= 15 is 0 Å². The second-order valence-electron chi connectivity index (χ2n) is 3.82. The molecule has 2 aromatic rings. The highest BCUT2D eigenvalue weighted by Gasteiger charge is 2.03. The van der Waals surface area contributed by atoms with Crippen LogP contribution in [0.4, 0.5) is 11.4 Å². The number of hydrogen-bond donors (Lipinski definition) is 3. The minimum Gasteiger partial charge on any atom is -0.467 e. The molecule has 4 heteroatoms. The molecule has 4 nitrogen and oxygen atoms in total. The van der Waals surface area contributed by atoms with Crippen LogP contribution in [0.1, 0.15) is 11.3 Å². The molecule has 0 saturated heterocycles. The molecule has 0 spiro atoms. The van der Waals surface area contributed by atoms with Gasteiger partial charge < -0.3 is 20.6 Å². The van der Waals surface area contributed by atoms with E-state index in [1.54, 1.807) is 6.26 Å². The smallest absolute Gasteiger partial charge is 0.122 e. The molecule has 0 aliphatic rings. The minimum absolute atomic E-state index is 0.110. The van der Waals surface area contributed by atoms with E-state index in [9.17, 15) is 0 Å². The van der Waals surface area contributed by atoms with Gasteiger partial charge in [0.2, 0.25) is 0 Å². The summed E-state index contributed by atoms with van der Waals surface area (Å²) in [7, 11) is 0. The molecule has 0 aliphatic heterocycles. The maximum Gasteiger partial charge on any atom is 0.122 e. The lowest BCUT2D eigenvalue weighted by Crippen LogP contribution is -2.04. The number of nitrogen functional groups attached to an aromatic ring is 1. The van der Waals surface area contributed by atoms with Gasteiger partial charge in [-0.25, -0.2) is 0 Å². The highest BCUT2D eigenvalue weighted by molar-refractivity contribution is 5.58. The number of aliphatic hydroxyl groups excluding tert-OH is 1. The van der Waals surface area contributed by atoms with Gasteiger partial charge in [-0.3, -0.25) is 0 Å². The average Bonchev–Trinajstić information content (AvgIpc) is 2.81. The first kappa shape index (κ1) is 11.5. The molecule has 0 unspecified atom stereocenters. The molecule has 0 radical (unpaired) electrons. The van der Waals surface area contributed by atoms with Crippen molar-refractivity contribution in [2.45, 2.75) is 13.0 Å². The number of nitrogens with two attached hydrogens (primary N) is 1. The summed E-state index contributed by atoms with van der Waals surface area (Å²) < 4.78 is 5.24. The number of benzene rings is 1. The number of aliphatic hydroxyl groups is 1. The van der Waals surface area contributed by atoms with Crippen LogP contribution in [0.5, 0.6) is 0 Å². The van der Waals surface area contributed by atoms with Gasteiger partial charge in [-0.2, -0.15) is 0 Å². The van der Waals surface area contributed by atoms with Crippen molar-refractivity contribution in [3.63, 3.8) is 0 Å². The van der Waals surface area contributed by atoms with Crippen LogP contribution >= 0.6 is 0 Å². The van der Waals surface area contributed by atoms with E-state index in [4.69, 9.17) is 15.3 Å². The molecule has 0 aliphatic carbocycles. The number of nitrogens with one attached hydrogen (secondary N) is 1. The predicted octanol–water partition coefficient (Wildman–Crippen LogP) is 2.01. The lowest BCUT2D eigenvalue weighted by molar-refractivity contribution is 0.300. The summed E-state index contributed by atoms with van der Waals surface area (Å²) in [4.78, 5) is 0. The Labute approximate surface area is 100 Å². The van der Waals surface area contributed by atoms with Crippen LogP contribution in [0.15, 0.2) is 41.0 Å². The molecule has 0 saturated carbocycles. The third-order valence-corrected chi connectivity index (χ3v) is 2.54. The van der Waals surface area contributed by atoms with Crippen molar-refractivity contribution in [2.75, 3.05) is 17.7 Å². The van der Waals surface area contributed by atoms with E-state index in [1.165, 1.54) is 0 Å². The lowest BCUT2D eigenvalue weighted by atomic mass is 10.1. The lowest BCUT2D eigenvalue weighted by Gasteiger charge is -2.11. The van der Waals surface area contributed by atoms with Gasteiger partial charge in [-0.15, -0.1) is 0 Å². The molecular weight excluding hydrogens is 216 g/mol. The van der Waals surface area contributed by atoms with Crippen molar-refractivity contribution < 1.29 is 9.52 Å². The molecule has 0 atom stereocenters. The van der Waals surface area contributed by atoms with Gasteiger partial charge in [0.05, 0.1) is 12.8 Å². The topological polar surface area (TPSA) is 71.4 Å². The fraction of sp³-hybridized carbons (Fsp3) is 0.231. The highest BCUT2D eigenvalue weighted by atomic mass is 16.3. The second-order valence-corrected chi connectivity index (χ2v) is 3.82. The maximum atomic E-state index is 9.00. The van der Waals surface area contributed by atoms with E-state index in [-0.39, 0.29) is 6.61 Å². The van der Waals surface area contributed by atoms with Crippen molar-refractivity contribution in [1.82, 2.24) is 0 Å². The summed E-state index contributed by atoms with van der Waals surface area (Å²) >= 11 is 0. The van der Waals surface area contributed by atoms with Crippen LogP contribution in [0, 0.1) is 0 Å². The third-order valence-electron chi connectivity index (χ3n) is 2.54. The molecule has 0 amide bonds. The Balaban J connectivity index is 2.08. The van der Waals surface area contributed by atoms with Gasteiger partial charge >= 0.3 is 0 Å². The monoisotopic (exact) mass is 232 g/mol. The first-order valence-corrected chi connectivity index (χ1v) is 5.55. The van der Waals surface area contributed by atoms with Crippen LogP contribution in [-0.4, -0.2) is 11.7 Å². The van der Waals surface area contributed by atoms with Crippen LogP contribution in [0.3, 0.4) is 0 Å². The molecule has 1 aromatic heterocycles.